The second-order valence-corrected chi connectivity index (χ2v) is 15.2. The number of carbonyl (C=O) groups excluding carboxylic acids is 2. The fraction of sp³-hybridized carbons (Fsp3) is 0.500. The average Bonchev–Trinajstić information content (AvgIpc) is 3.45. The van der Waals surface area contributed by atoms with Crippen LogP contribution in [-0.4, -0.2) is 58.0 Å². The van der Waals surface area contributed by atoms with Gasteiger partial charge in [-0.1, -0.05) is 54.6 Å². The maximum Gasteiger partial charge on any atom is 0.193 e. The molecule has 4 aliphatic carbocycles. The van der Waals surface area contributed by atoms with Crippen molar-refractivity contribution in [2.24, 2.45) is 22.7 Å². The van der Waals surface area contributed by atoms with Gasteiger partial charge in [0.2, 0.25) is 0 Å². The molecule has 9 heteroatoms. The second-order valence-electron chi connectivity index (χ2n) is 14.0. The zero-order chi connectivity index (χ0) is 32.2. The third-order valence-corrected chi connectivity index (χ3v) is 12.7. The molecule has 2 aromatic rings. The Hall–Kier alpha value is -2.69. The molecule has 10 atom stereocenters. The van der Waals surface area contributed by atoms with E-state index in [9.17, 15) is 19.8 Å². The predicted molar refractivity (Wildman–Crippen MR) is 164 cm³/mol. The summed E-state index contributed by atoms with van der Waals surface area (Å²) in [7, 11) is 0. The molecular weight excluding hydrogens is 598 g/mol. The number of Topliss-reactive ketones (excluding diaryl/α,β-unsaturated/α-hetero) is 1. The lowest BCUT2D eigenvalue weighted by atomic mass is 9.44. The Morgan fingerprint density at radius 2 is 1.67 bits per heavy atom. The number of carbonyl (C=O) groups is 2. The van der Waals surface area contributed by atoms with Crippen molar-refractivity contribution in [2.45, 2.75) is 92.2 Å². The minimum atomic E-state index is -2.29. The van der Waals surface area contributed by atoms with Gasteiger partial charge in [-0.2, -0.15) is 0 Å². The third kappa shape index (κ3) is 4.07. The Morgan fingerprint density at radius 3 is 2.31 bits per heavy atom. The molecule has 45 heavy (non-hydrogen) atoms. The number of ketones is 2. The summed E-state index contributed by atoms with van der Waals surface area (Å²) < 4.78 is 46.8. The highest BCUT2D eigenvalue weighted by atomic mass is 32.2. The van der Waals surface area contributed by atoms with Gasteiger partial charge in [-0.3, -0.25) is 9.59 Å². The maximum atomic E-state index is 17.6. The number of halogens is 2. The van der Waals surface area contributed by atoms with Crippen LogP contribution in [0.25, 0.3) is 0 Å². The molecule has 1 heterocycles. The van der Waals surface area contributed by atoms with Crippen molar-refractivity contribution in [3.05, 3.63) is 83.5 Å². The minimum absolute atomic E-state index is 0.0415. The van der Waals surface area contributed by atoms with Crippen LogP contribution in [0.1, 0.15) is 51.2 Å². The van der Waals surface area contributed by atoms with Gasteiger partial charge in [0.25, 0.3) is 0 Å². The summed E-state index contributed by atoms with van der Waals surface area (Å²) in [5.74, 6) is -3.98. The number of aliphatic hydroxyl groups is 2. The van der Waals surface area contributed by atoms with Gasteiger partial charge in [0.15, 0.2) is 28.6 Å². The lowest BCUT2D eigenvalue weighted by Crippen LogP contribution is -2.71. The van der Waals surface area contributed by atoms with Crippen molar-refractivity contribution in [1.82, 2.24) is 0 Å². The number of fused-ring (bicyclic) bond motifs is 7. The highest BCUT2D eigenvalue weighted by Gasteiger charge is 2.81. The van der Waals surface area contributed by atoms with Crippen molar-refractivity contribution in [3.8, 4) is 0 Å². The molecule has 1 aliphatic heterocycles. The molecule has 2 N–H and O–H groups in total. The molecule has 238 valence electrons. The van der Waals surface area contributed by atoms with Crippen LogP contribution in [0, 0.1) is 29.6 Å². The van der Waals surface area contributed by atoms with E-state index in [0.717, 1.165) is 15.9 Å². The SMILES string of the molecule is Cc1ccc(Sc2ccc([C@@]3(C)O[C@@H]4C[C@H]5[C@@H]6C[C@H](F)C7=CC(=O)C=C[C@]7(C)[C@@]6(F)[C@@H](O)C[C@]5(C)[C@]4(C(=O)CO)O3)cc2)cc1. The molecule has 3 saturated carbocycles. The minimum Gasteiger partial charge on any atom is -0.390 e. The summed E-state index contributed by atoms with van der Waals surface area (Å²) in [5.41, 5.74) is -4.81. The quantitative estimate of drug-likeness (QED) is 0.418. The van der Waals surface area contributed by atoms with E-state index in [1.807, 2.05) is 31.2 Å². The van der Waals surface area contributed by atoms with E-state index in [0.29, 0.717) is 5.56 Å². The number of rotatable bonds is 5. The molecule has 0 spiro atoms. The second kappa shape index (κ2) is 10.2. The molecule has 0 unspecified atom stereocenters. The normalized spacial score (nSPS) is 43.2. The van der Waals surface area contributed by atoms with Gasteiger partial charge < -0.3 is 19.7 Å². The van der Waals surface area contributed by atoms with E-state index < -0.39 is 76.3 Å². The van der Waals surface area contributed by atoms with Crippen molar-refractivity contribution >= 4 is 23.3 Å². The van der Waals surface area contributed by atoms with Gasteiger partial charge in [-0.05, 0) is 87.9 Å². The van der Waals surface area contributed by atoms with E-state index >= 15 is 8.78 Å². The molecule has 6 nitrogen and oxygen atoms in total. The van der Waals surface area contributed by atoms with Crippen LogP contribution in [0.15, 0.2) is 82.1 Å². The summed E-state index contributed by atoms with van der Waals surface area (Å²) in [6.45, 7) is 6.27. The maximum absolute atomic E-state index is 17.6. The van der Waals surface area contributed by atoms with Gasteiger partial charge in [-0.15, -0.1) is 0 Å². The summed E-state index contributed by atoms with van der Waals surface area (Å²) in [5, 5.41) is 22.0. The molecule has 7 rings (SSSR count). The summed E-state index contributed by atoms with van der Waals surface area (Å²) in [6, 6.07) is 15.9. The number of alkyl halides is 2. The molecule has 0 radical (unpaired) electrons. The largest absolute Gasteiger partial charge is 0.390 e. The Labute approximate surface area is 265 Å². The average molecular weight is 637 g/mol. The summed E-state index contributed by atoms with van der Waals surface area (Å²) in [4.78, 5) is 28.1. The first-order valence-corrected chi connectivity index (χ1v) is 16.4. The van der Waals surface area contributed by atoms with Crippen molar-refractivity contribution < 1.29 is 38.1 Å². The lowest BCUT2D eigenvalue weighted by molar-refractivity contribution is -0.256. The Balaban J connectivity index is 1.23. The van der Waals surface area contributed by atoms with E-state index in [1.54, 1.807) is 32.5 Å². The van der Waals surface area contributed by atoms with Gasteiger partial charge in [0.05, 0.1) is 12.2 Å². The molecule has 4 fully saturated rings. The summed E-state index contributed by atoms with van der Waals surface area (Å²) >= 11 is 1.61. The molecule has 0 amide bonds. The van der Waals surface area contributed by atoms with Gasteiger partial charge in [0, 0.05) is 32.1 Å². The van der Waals surface area contributed by atoms with Crippen LogP contribution in [0.3, 0.4) is 0 Å². The number of hydrogen-bond acceptors (Lipinski definition) is 7. The monoisotopic (exact) mass is 636 g/mol. The van der Waals surface area contributed by atoms with Crippen molar-refractivity contribution in [1.29, 1.82) is 0 Å². The topological polar surface area (TPSA) is 93.1 Å². The zero-order valence-corrected chi connectivity index (χ0v) is 26.6. The van der Waals surface area contributed by atoms with Crippen LogP contribution in [0.5, 0.6) is 0 Å². The number of aryl methyl sites for hydroxylation is 1. The smallest absolute Gasteiger partial charge is 0.193 e. The Bertz CT molecular complexity index is 1620. The molecule has 1 saturated heterocycles. The molecule has 5 aliphatic rings. The van der Waals surface area contributed by atoms with E-state index in [4.69, 9.17) is 9.47 Å². The van der Waals surface area contributed by atoms with Gasteiger partial charge in [0.1, 0.15) is 12.8 Å². The predicted octanol–water partition coefficient (Wildman–Crippen LogP) is 5.96. The fourth-order valence-corrected chi connectivity index (χ4v) is 10.3. The number of hydrogen-bond donors (Lipinski definition) is 2. The number of allylic oxidation sites excluding steroid dienone is 4. The van der Waals surface area contributed by atoms with Crippen LogP contribution >= 0.6 is 11.8 Å². The van der Waals surface area contributed by atoms with E-state index in [2.05, 4.69) is 24.3 Å². The van der Waals surface area contributed by atoms with E-state index in [-0.39, 0.29) is 24.8 Å². The van der Waals surface area contributed by atoms with Gasteiger partial charge >= 0.3 is 0 Å². The summed E-state index contributed by atoms with van der Waals surface area (Å²) in [6.07, 6.45) is -0.492. The number of benzene rings is 2. The Kier molecular flexibility index (Phi) is 6.98. The van der Waals surface area contributed by atoms with Crippen LogP contribution in [-0.2, 0) is 24.8 Å². The van der Waals surface area contributed by atoms with Gasteiger partial charge in [-0.25, -0.2) is 8.78 Å². The molecule has 0 aromatic heterocycles. The zero-order valence-electron chi connectivity index (χ0n) is 25.8. The first-order chi connectivity index (χ1) is 21.2. The number of ether oxygens (including phenoxy) is 2. The molecule has 2 aromatic carbocycles. The van der Waals surface area contributed by atoms with E-state index in [1.165, 1.54) is 17.7 Å². The molecule has 0 bridgehead atoms. The first kappa shape index (κ1) is 30.9. The molecular formula is C36H38F2O6S. The van der Waals surface area contributed by atoms with Crippen molar-refractivity contribution in [3.63, 3.8) is 0 Å². The highest BCUT2D eigenvalue weighted by Crippen LogP contribution is 2.73. The van der Waals surface area contributed by atoms with Crippen LogP contribution in [0.4, 0.5) is 8.78 Å². The van der Waals surface area contributed by atoms with Crippen molar-refractivity contribution in [2.75, 3.05) is 6.61 Å². The Morgan fingerprint density at radius 1 is 1.02 bits per heavy atom. The third-order valence-electron chi connectivity index (χ3n) is 11.7. The number of aliphatic hydroxyl groups excluding tert-OH is 2. The highest BCUT2D eigenvalue weighted by molar-refractivity contribution is 7.99. The standard InChI is InChI=1S/C36H38F2O6S/c1-20-5-9-23(10-6-20)45-24-11-7-21(8-12-24)34(4)43-31-17-25-26-16-28(37)27-15-22(40)13-14-32(27,2)35(26,38)29(41)18-33(25,3)36(31,44-34)30(42)19-39/h5-15,25-26,28-29,31,39,41H,16-19H2,1-4H3/t25-,26-,28-,29-,31+,32-,33-,34-,35-,36+/m0/s1. The lowest BCUT2D eigenvalue weighted by Gasteiger charge is -2.63. The first-order valence-electron chi connectivity index (χ1n) is 15.6. The fourth-order valence-electron chi connectivity index (χ4n) is 9.46. The van der Waals surface area contributed by atoms with Crippen LogP contribution < -0.4 is 0 Å². The van der Waals surface area contributed by atoms with Crippen LogP contribution in [0.2, 0.25) is 0 Å².